The fourth-order valence-electron chi connectivity index (χ4n) is 2.72. The van der Waals surface area contributed by atoms with Crippen LogP contribution >= 0.6 is 0 Å². The minimum Gasteiger partial charge on any atom is -0.454 e. The van der Waals surface area contributed by atoms with Crippen molar-refractivity contribution in [2.45, 2.75) is 12.7 Å². The van der Waals surface area contributed by atoms with E-state index in [1.165, 1.54) is 30.5 Å². The Morgan fingerprint density at radius 1 is 1.00 bits per heavy atom. The van der Waals surface area contributed by atoms with Crippen molar-refractivity contribution in [3.05, 3.63) is 65.9 Å². The third kappa shape index (κ3) is 3.93. The van der Waals surface area contributed by atoms with Gasteiger partial charge in [0.1, 0.15) is 5.82 Å². The number of hydrogen-bond donors (Lipinski definition) is 2. The van der Waals surface area contributed by atoms with Crippen molar-refractivity contribution in [1.29, 1.82) is 0 Å². The number of benzene rings is 2. The van der Waals surface area contributed by atoms with E-state index in [2.05, 4.69) is 20.6 Å². The van der Waals surface area contributed by atoms with Gasteiger partial charge in [0, 0.05) is 12.7 Å². The zero-order valence-corrected chi connectivity index (χ0v) is 14.5. The second kappa shape index (κ2) is 7.26. The van der Waals surface area contributed by atoms with Crippen LogP contribution in [0.15, 0.2) is 54.7 Å². The molecule has 1 aliphatic heterocycles. The molecule has 6 nitrogen and oxygen atoms in total. The minimum atomic E-state index is -4.46. The molecule has 2 aromatic carbocycles. The highest BCUT2D eigenvalue weighted by molar-refractivity contribution is 5.62. The van der Waals surface area contributed by atoms with Gasteiger partial charge in [-0.15, -0.1) is 0 Å². The van der Waals surface area contributed by atoms with Crippen molar-refractivity contribution < 1.29 is 22.6 Å². The average molecular weight is 388 g/mol. The van der Waals surface area contributed by atoms with Crippen molar-refractivity contribution in [2.24, 2.45) is 0 Å². The molecule has 2 heterocycles. The van der Waals surface area contributed by atoms with Crippen LogP contribution in [-0.4, -0.2) is 16.8 Å². The third-order valence-corrected chi connectivity index (χ3v) is 4.04. The van der Waals surface area contributed by atoms with Gasteiger partial charge >= 0.3 is 6.18 Å². The molecule has 0 saturated heterocycles. The van der Waals surface area contributed by atoms with Crippen molar-refractivity contribution in [3.8, 4) is 11.5 Å². The molecule has 4 rings (SSSR count). The molecule has 9 heteroatoms. The molecule has 0 radical (unpaired) electrons. The zero-order chi connectivity index (χ0) is 19.6. The summed E-state index contributed by atoms with van der Waals surface area (Å²) in [6, 6.07) is 12.3. The fraction of sp³-hybridized carbons (Fsp3) is 0.158. The molecule has 144 valence electrons. The standard InChI is InChI=1S/C19H15F3N4O2/c20-19(21,22)13-3-1-2-4-14(13)25-17-7-8-23-18(26-17)24-10-12-5-6-15-16(9-12)28-11-27-15/h1-9H,10-11H2,(H2,23,24,25,26). The highest BCUT2D eigenvalue weighted by atomic mass is 19.4. The molecule has 0 atom stereocenters. The van der Waals surface area contributed by atoms with E-state index in [9.17, 15) is 13.2 Å². The second-order valence-corrected chi connectivity index (χ2v) is 5.97. The van der Waals surface area contributed by atoms with Crippen LogP contribution in [0, 0.1) is 0 Å². The first-order chi connectivity index (χ1) is 13.5. The third-order valence-electron chi connectivity index (χ3n) is 4.04. The molecular formula is C19H15F3N4O2. The smallest absolute Gasteiger partial charge is 0.418 e. The van der Waals surface area contributed by atoms with Gasteiger partial charge in [-0.3, -0.25) is 0 Å². The average Bonchev–Trinajstić information content (AvgIpc) is 3.14. The largest absolute Gasteiger partial charge is 0.454 e. The summed E-state index contributed by atoms with van der Waals surface area (Å²) in [5, 5.41) is 5.75. The first-order valence-electron chi connectivity index (χ1n) is 8.38. The van der Waals surface area contributed by atoms with Gasteiger partial charge in [0.05, 0.1) is 11.3 Å². The SMILES string of the molecule is FC(F)(F)c1ccccc1Nc1ccnc(NCc2ccc3c(c2)OCO3)n1. The Labute approximate surface area is 158 Å². The number of hydrogen-bond acceptors (Lipinski definition) is 6. The van der Waals surface area contributed by atoms with Gasteiger partial charge in [-0.2, -0.15) is 18.2 Å². The molecule has 3 aromatic rings. The van der Waals surface area contributed by atoms with Crippen molar-refractivity contribution >= 4 is 17.5 Å². The number of para-hydroxylation sites is 1. The second-order valence-electron chi connectivity index (χ2n) is 5.97. The number of alkyl halides is 3. The number of aromatic nitrogens is 2. The van der Waals surface area contributed by atoms with Gasteiger partial charge in [-0.1, -0.05) is 18.2 Å². The summed E-state index contributed by atoms with van der Waals surface area (Å²) < 4.78 is 50.0. The van der Waals surface area contributed by atoms with Crippen LogP contribution in [-0.2, 0) is 12.7 Å². The highest BCUT2D eigenvalue weighted by Gasteiger charge is 2.33. The van der Waals surface area contributed by atoms with Crippen molar-refractivity contribution in [3.63, 3.8) is 0 Å². The van der Waals surface area contributed by atoms with Crippen LogP contribution in [0.3, 0.4) is 0 Å². The van der Waals surface area contributed by atoms with E-state index in [4.69, 9.17) is 9.47 Å². The lowest BCUT2D eigenvalue weighted by Crippen LogP contribution is -2.10. The van der Waals surface area contributed by atoms with Crippen LogP contribution < -0.4 is 20.1 Å². The number of nitrogens with zero attached hydrogens (tertiary/aromatic N) is 2. The van der Waals surface area contributed by atoms with E-state index < -0.39 is 11.7 Å². The van der Waals surface area contributed by atoms with E-state index in [-0.39, 0.29) is 24.2 Å². The van der Waals surface area contributed by atoms with E-state index >= 15 is 0 Å². The summed E-state index contributed by atoms with van der Waals surface area (Å²) in [5.41, 5.74) is 0.0903. The van der Waals surface area contributed by atoms with Crippen molar-refractivity contribution in [2.75, 3.05) is 17.4 Å². The van der Waals surface area contributed by atoms with E-state index in [1.807, 2.05) is 18.2 Å². The predicted molar refractivity (Wildman–Crippen MR) is 96.7 cm³/mol. The summed E-state index contributed by atoms with van der Waals surface area (Å²) in [6.07, 6.45) is -3.00. The lowest BCUT2D eigenvalue weighted by Gasteiger charge is -2.14. The zero-order valence-electron chi connectivity index (χ0n) is 14.5. The molecule has 0 fully saturated rings. The molecule has 0 saturated carbocycles. The van der Waals surface area contributed by atoms with Gasteiger partial charge in [0.15, 0.2) is 11.5 Å². The topological polar surface area (TPSA) is 68.3 Å². The van der Waals surface area contributed by atoms with E-state index in [0.29, 0.717) is 18.0 Å². The quantitative estimate of drug-likeness (QED) is 0.667. The number of anilines is 3. The molecular weight excluding hydrogens is 373 g/mol. The summed E-state index contributed by atoms with van der Waals surface area (Å²) in [7, 11) is 0. The lowest BCUT2D eigenvalue weighted by atomic mass is 10.1. The number of ether oxygens (including phenoxy) is 2. The Balaban J connectivity index is 1.47. The molecule has 0 unspecified atom stereocenters. The molecule has 0 bridgehead atoms. The maximum absolute atomic E-state index is 13.1. The first kappa shape index (κ1) is 17.9. The Bertz CT molecular complexity index is 995. The number of halogens is 3. The molecule has 0 amide bonds. The molecule has 28 heavy (non-hydrogen) atoms. The van der Waals surface area contributed by atoms with Crippen LogP contribution in [0.1, 0.15) is 11.1 Å². The van der Waals surface area contributed by atoms with E-state index in [1.54, 1.807) is 0 Å². The Hall–Kier alpha value is -3.49. The van der Waals surface area contributed by atoms with Gasteiger partial charge < -0.3 is 20.1 Å². The monoisotopic (exact) mass is 388 g/mol. The maximum Gasteiger partial charge on any atom is 0.418 e. The van der Waals surface area contributed by atoms with Gasteiger partial charge in [-0.25, -0.2) is 4.98 Å². The summed E-state index contributed by atoms with van der Waals surface area (Å²) in [6.45, 7) is 0.613. The van der Waals surface area contributed by atoms with Gasteiger partial charge in [0.25, 0.3) is 0 Å². The first-order valence-corrected chi connectivity index (χ1v) is 8.38. The lowest BCUT2D eigenvalue weighted by molar-refractivity contribution is -0.136. The van der Waals surface area contributed by atoms with Crippen LogP contribution in [0.5, 0.6) is 11.5 Å². The van der Waals surface area contributed by atoms with Crippen LogP contribution in [0.25, 0.3) is 0 Å². The molecule has 1 aliphatic rings. The number of nitrogens with one attached hydrogen (secondary N) is 2. The molecule has 2 N–H and O–H groups in total. The van der Waals surface area contributed by atoms with Gasteiger partial charge in [-0.05, 0) is 35.9 Å². The predicted octanol–water partition coefficient (Wildman–Crippen LogP) is 4.58. The highest BCUT2D eigenvalue weighted by Crippen LogP contribution is 2.35. The molecule has 0 aliphatic carbocycles. The summed E-state index contributed by atoms with van der Waals surface area (Å²) in [5.74, 6) is 1.89. The fourth-order valence-corrected chi connectivity index (χ4v) is 2.72. The Kier molecular flexibility index (Phi) is 4.64. The summed E-state index contributed by atoms with van der Waals surface area (Å²) in [4.78, 5) is 8.32. The minimum absolute atomic E-state index is 0.0737. The molecule has 1 aromatic heterocycles. The van der Waals surface area contributed by atoms with Gasteiger partial charge in [0.2, 0.25) is 12.7 Å². The normalized spacial score (nSPS) is 12.7. The van der Waals surface area contributed by atoms with Crippen LogP contribution in [0.2, 0.25) is 0 Å². The number of fused-ring (bicyclic) bond motifs is 1. The van der Waals surface area contributed by atoms with Crippen molar-refractivity contribution in [1.82, 2.24) is 9.97 Å². The van der Waals surface area contributed by atoms with E-state index in [0.717, 1.165) is 11.6 Å². The molecule has 0 spiro atoms. The van der Waals surface area contributed by atoms with Crippen LogP contribution in [0.4, 0.5) is 30.6 Å². The Morgan fingerprint density at radius 2 is 1.82 bits per heavy atom. The maximum atomic E-state index is 13.1. The summed E-state index contributed by atoms with van der Waals surface area (Å²) >= 11 is 0. The Morgan fingerprint density at radius 3 is 2.68 bits per heavy atom. The number of rotatable bonds is 5.